The number of anilines is 1. The summed E-state index contributed by atoms with van der Waals surface area (Å²) in [4.78, 5) is 8.85. The Kier molecular flexibility index (Phi) is 4.13. The first-order chi connectivity index (χ1) is 11.7. The molecule has 0 aliphatic carbocycles. The highest BCUT2D eigenvalue weighted by atomic mass is 35.5. The first-order valence-electron chi connectivity index (χ1n) is 7.82. The van der Waals surface area contributed by atoms with Gasteiger partial charge in [0.1, 0.15) is 6.33 Å². The van der Waals surface area contributed by atoms with E-state index in [0.29, 0.717) is 10.0 Å². The number of rotatable bonds is 2. The number of aryl methyl sites for hydroxylation is 1. The van der Waals surface area contributed by atoms with Gasteiger partial charge in [0.15, 0.2) is 0 Å². The highest BCUT2D eigenvalue weighted by Gasteiger charge is 2.20. The molecular formula is C19H15Cl2N3. The molecule has 1 atom stereocenters. The second-order valence-corrected chi connectivity index (χ2v) is 6.66. The molecule has 4 rings (SSSR count). The average molecular weight is 356 g/mol. The fourth-order valence-corrected chi connectivity index (χ4v) is 3.33. The Labute approximate surface area is 150 Å². The predicted molar refractivity (Wildman–Crippen MR) is 98.6 cm³/mol. The summed E-state index contributed by atoms with van der Waals surface area (Å²) in [5, 5.41) is 4.64. The lowest BCUT2D eigenvalue weighted by atomic mass is 9.95. The maximum Gasteiger partial charge on any atom is 0.116 e. The maximum absolute atomic E-state index is 6.12. The number of hydrogen-bond acceptors (Lipinski definition) is 3. The molecule has 1 aromatic heterocycles. The normalized spacial score (nSPS) is 16.3. The van der Waals surface area contributed by atoms with Crippen LogP contribution in [0.15, 0.2) is 54.9 Å². The number of nitrogens with one attached hydrogen (secondary N) is 1. The molecule has 0 bridgehead atoms. The van der Waals surface area contributed by atoms with Crippen molar-refractivity contribution in [2.75, 3.05) is 5.32 Å². The van der Waals surface area contributed by atoms with Crippen molar-refractivity contribution in [1.29, 1.82) is 0 Å². The molecule has 1 aliphatic rings. The average Bonchev–Trinajstić information content (AvgIpc) is 2.64. The molecule has 0 fully saturated rings. The van der Waals surface area contributed by atoms with E-state index in [4.69, 9.17) is 23.2 Å². The van der Waals surface area contributed by atoms with Crippen molar-refractivity contribution in [1.82, 2.24) is 9.97 Å². The zero-order valence-electron chi connectivity index (χ0n) is 12.8. The summed E-state index contributed by atoms with van der Waals surface area (Å²) in [6.45, 7) is 0. The van der Waals surface area contributed by atoms with Gasteiger partial charge in [0.2, 0.25) is 0 Å². The number of benzene rings is 2. The summed E-state index contributed by atoms with van der Waals surface area (Å²) in [7, 11) is 0. The molecule has 120 valence electrons. The van der Waals surface area contributed by atoms with E-state index in [2.05, 4.69) is 39.6 Å². The van der Waals surface area contributed by atoms with Crippen molar-refractivity contribution in [2.24, 2.45) is 0 Å². The second-order valence-electron chi connectivity index (χ2n) is 5.85. The number of fused-ring (bicyclic) bond motifs is 1. The van der Waals surface area contributed by atoms with E-state index >= 15 is 0 Å². The second kappa shape index (κ2) is 6.42. The van der Waals surface area contributed by atoms with Crippen LogP contribution in [0.25, 0.3) is 11.3 Å². The van der Waals surface area contributed by atoms with Crippen LogP contribution in [-0.2, 0) is 6.42 Å². The number of aromatic nitrogens is 2. The zero-order valence-corrected chi connectivity index (χ0v) is 14.3. The van der Waals surface area contributed by atoms with E-state index in [9.17, 15) is 0 Å². The van der Waals surface area contributed by atoms with Crippen LogP contribution in [-0.4, -0.2) is 9.97 Å². The van der Waals surface area contributed by atoms with Crippen LogP contribution in [0.2, 0.25) is 10.0 Å². The first kappa shape index (κ1) is 15.4. The summed E-state index contributed by atoms with van der Waals surface area (Å²) in [5.74, 6) is 0. The topological polar surface area (TPSA) is 37.8 Å². The van der Waals surface area contributed by atoms with Gasteiger partial charge in [-0.2, -0.15) is 0 Å². The van der Waals surface area contributed by atoms with Gasteiger partial charge in [0.05, 0.1) is 27.5 Å². The van der Waals surface area contributed by atoms with Gasteiger partial charge in [-0.3, -0.25) is 0 Å². The summed E-state index contributed by atoms with van der Waals surface area (Å²) < 4.78 is 0. The Bertz CT molecular complexity index is 895. The fourth-order valence-electron chi connectivity index (χ4n) is 3.04. The molecule has 5 heteroatoms. The lowest BCUT2D eigenvalue weighted by Gasteiger charge is -2.26. The molecule has 3 nitrogen and oxygen atoms in total. The highest BCUT2D eigenvalue weighted by molar-refractivity contribution is 6.42. The number of para-hydroxylation sites is 1. The van der Waals surface area contributed by atoms with Gasteiger partial charge in [-0.25, -0.2) is 9.97 Å². The predicted octanol–water partition coefficient (Wildman–Crippen LogP) is 5.55. The Morgan fingerprint density at radius 2 is 1.83 bits per heavy atom. The molecule has 0 spiro atoms. The van der Waals surface area contributed by atoms with Crippen LogP contribution in [0.3, 0.4) is 0 Å². The van der Waals surface area contributed by atoms with Gasteiger partial charge >= 0.3 is 0 Å². The SMILES string of the molecule is Clc1ccc(-c2cc(C3CCc4ccccc4N3)ncn2)cc1Cl. The van der Waals surface area contributed by atoms with Gasteiger partial charge in [0, 0.05) is 11.3 Å². The third kappa shape index (κ3) is 2.97. The quantitative estimate of drug-likeness (QED) is 0.654. The summed E-state index contributed by atoms with van der Waals surface area (Å²) in [6, 6.07) is 16.2. The van der Waals surface area contributed by atoms with Crippen LogP contribution in [0.4, 0.5) is 5.69 Å². The van der Waals surface area contributed by atoms with E-state index in [0.717, 1.165) is 29.8 Å². The third-order valence-corrected chi connectivity index (χ3v) is 5.05. The number of nitrogens with zero attached hydrogens (tertiary/aromatic N) is 2. The summed E-state index contributed by atoms with van der Waals surface area (Å²) in [6.07, 6.45) is 3.66. The molecule has 0 saturated carbocycles. The van der Waals surface area contributed by atoms with Gasteiger partial charge < -0.3 is 5.32 Å². The number of hydrogen-bond donors (Lipinski definition) is 1. The first-order valence-corrected chi connectivity index (χ1v) is 8.58. The zero-order chi connectivity index (χ0) is 16.5. The van der Waals surface area contributed by atoms with Crippen LogP contribution in [0.5, 0.6) is 0 Å². The lowest BCUT2D eigenvalue weighted by molar-refractivity contribution is 0.649. The van der Waals surface area contributed by atoms with Crippen molar-refractivity contribution in [3.8, 4) is 11.3 Å². The molecule has 2 aromatic carbocycles. The molecule has 3 aromatic rings. The van der Waals surface area contributed by atoms with Crippen LogP contribution in [0, 0.1) is 0 Å². The van der Waals surface area contributed by atoms with E-state index in [1.54, 1.807) is 12.4 Å². The standard InChI is InChI=1S/C19H15Cl2N3/c20-14-7-5-13(9-15(14)21)18-10-19(23-11-22-18)17-8-6-12-3-1-2-4-16(12)24-17/h1-5,7,9-11,17,24H,6,8H2. The molecule has 24 heavy (non-hydrogen) atoms. The Hall–Kier alpha value is -2.10. The molecular weight excluding hydrogens is 341 g/mol. The van der Waals surface area contributed by atoms with Crippen molar-refractivity contribution in [3.05, 3.63) is 76.2 Å². The van der Waals surface area contributed by atoms with Gasteiger partial charge in [-0.1, -0.05) is 47.5 Å². The van der Waals surface area contributed by atoms with Crippen LogP contribution >= 0.6 is 23.2 Å². The van der Waals surface area contributed by atoms with Crippen molar-refractivity contribution < 1.29 is 0 Å². The van der Waals surface area contributed by atoms with E-state index in [-0.39, 0.29) is 6.04 Å². The van der Waals surface area contributed by atoms with E-state index in [1.807, 2.05) is 18.2 Å². The molecule has 2 heterocycles. The third-order valence-electron chi connectivity index (χ3n) is 4.31. The van der Waals surface area contributed by atoms with Crippen LogP contribution < -0.4 is 5.32 Å². The molecule has 1 aliphatic heterocycles. The lowest BCUT2D eigenvalue weighted by Crippen LogP contribution is -2.19. The Morgan fingerprint density at radius 1 is 0.958 bits per heavy atom. The smallest absolute Gasteiger partial charge is 0.116 e. The highest BCUT2D eigenvalue weighted by Crippen LogP contribution is 2.33. The van der Waals surface area contributed by atoms with Crippen molar-refractivity contribution >= 4 is 28.9 Å². The number of halogens is 2. The minimum Gasteiger partial charge on any atom is -0.376 e. The fraction of sp³-hybridized carbons (Fsp3) is 0.158. The Balaban J connectivity index is 1.65. The van der Waals surface area contributed by atoms with Crippen molar-refractivity contribution in [2.45, 2.75) is 18.9 Å². The minimum absolute atomic E-state index is 0.185. The molecule has 0 radical (unpaired) electrons. The van der Waals surface area contributed by atoms with E-state index in [1.165, 1.54) is 11.3 Å². The summed E-state index contributed by atoms with van der Waals surface area (Å²) in [5.41, 5.74) is 5.31. The molecule has 1 unspecified atom stereocenters. The summed E-state index contributed by atoms with van der Waals surface area (Å²) >= 11 is 12.1. The Morgan fingerprint density at radius 3 is 2.71 bits per heavy atom. The van der Waals surface area contributed by atoms with Gasteiger partial charge in [-0.15, -0.1) is 0 Å². The van der Waals surface area contributed by atoms with Crippen molar-refractivity contribution in [3.63, 3.8) is 0 Å². The monoisotopic (exact) mass is 355 g/mol. The minimum atomic E-state index is 0.185. The maximum atomic E-state index is 6.12. The molecule has 1 N–H and O–H groups in total. The largest absolute Gasteiger partial charge is 0.376 e. The van der Waals surface area contributed by atoms with E-state index < -0.39 is 0 Å². The molecule has 0 amide bonds. The van der Waals surface area contributed by atoms with Gasteiger partial charge in [0.25, 0.3) is 0 Å². The molecule has 0 saturated heterocycles. The van der Waals surface area contributed by atoms with Gasteiger partial charge in [-0.05, 0) is 42.7 Å². The van der Waals surface area contributed by atoms with Crippen LogP contribution in [0.1, 0.15) is 23.7 Å².